The Hall–Kier alpha value is -2.30. The second-order valence-corrected chi connectivity index (χ2v) is 6.10. The number of aliphatic imine (C=N–C) groups is 1. The van der Waals surface area contributed by atoms with Crippen LogP contribution >= 0.6 is 0 Å². The summed E-state index contributed by atoms with van der Waals surface area (Å²) in [6.07, 6.45) is 4.54. The quantitative estimate of drug-likeness (QED) is 0.637. The number of nitrogens with one attached hydrogen (secondary N) is 2. The van der Waals surface area contributed by atoms with Crippen LogP contribution in [-0.4, -0.2) is 41.0 Å². The van der Waals surface area contributed by atoms with Gasteiger partial charge < -0.3 is 15.2 Å². The topological polar surface area (TPSA) is 56.3 Å². The zero-order valence-electron chi connectivity index (χ0n) is 13.9. The van der Waals surface area contributed by atoms with Gasteiger partial charge in [-0.1, -0.05) is 30.3 Å². The molecule has 1 saturated carbocycles. The minimum absolute atomic E-state index is 0.712. The van der Waals surface area contributed by atoms with Crippen LogP contribution in [0.1, 0.15) is 25.6 Å². The van der Waals surface area contributed by atoms with Crippen LogP contribution in [0.2, 0.25) is 0 Å². The zero-order valence-corrected chi connectivity index (χ0v) is 13.9. The molecule has 5 heteroatoms. The number of rotatable bonds is 6. The second-order valence-electron chi connectivity index (χ2n) is 6.10. The molecule has 5 nitrogen and oxygen atoms in total. The van der Waals surface area contributed by atoms with E-state index in [0.29, 0.717) is 6.54 Å². The van der Waals surface area contributed by atoms with Crippen LogP contribution in [-0.2, 0) is 6.54 Å². The Morgan fingerprint density at radius 3 is 2.83 bits per heavy atom. The van der Waals surface area contributed by atoms with Gasteiger partial charge in [-0.05, 0) is 31.2 Å². The van der Waals surface area contributed by atoms with Crippen molar-refractivity contribution in [1.82, 2.24) is 20.2 Å². The van der Waals surface area contributed by atoms with Gasteiger partial charge in [-0.15, -0.1) is 0 Å². The Kier molecular flexibility index (Phi) is 4.95. The van der Waals surface area contributed by atoms with Crippen LogP contribution in [0.15, 0.2) is 41.5 Å². The highest BCUT2D eigenvalue weighted by molar-refractivity contribution is 5.79. The number of guanidine groups is 1. The number of nitrogens with zero attached hydrogens (tertiary/aromatic N) is 3. The van der Waals surface area contributed by atoms with Crippen LogP contribution in [0.25, 0.3) is 11.3 Å². The van der Waals surface area contributed by atoms with Gasteiger partial charge in [-0.2, -0.15) is 0 Å². The van der Waals surface area contributed by atoms with Gasteiger partial charge in [0.1, 0.15) is 5.82 Å². The van der Waals surface area contributed by atoms with Crippen LogP contribution in [0.4, 0.5) is 0 Å². The molecule has 0 spiro atoms. The monoisotopic (exact) mass is 311 g/mol. The Labute approximate surface area is 137 Å². The number of benzene rings is 1. The molecule has 2 aromatic rings. The van der Waals surface area contributed by atoms with Gasteiger partial charge >= 0.3 is 0 Å². The molecule has 1 aliphatic carbocycles. The standard InChI is InChI=1S/C18H25N5/c1-3-19-18(21-11-14-9-10-14)23(2)13-17-20-12-16(22-17)15-7-5-4-6-8-15/h4-8,12,14H,3,9-11,13H2,1-2H3,(H,19,21)(H,20,22). The Balaban J connectivity index is 1.65. The lowest BCUT2D eigenvalue weighted by atomic mass is 10.2. The van der Waals surface area contributed by atoms with E-state index in [4.69, 9.17) is 4.99 Å². The van der Waals surface area contributed by atoms with E-state index in [2.05, 4.69) is 46.3 Å². The summed E-state index contributed by atoms with van der Waals surface area (Å²) in [5, 5.41) is 3.36. The summed E-state index contributed by atoms with van der Waals surface area (Å²) in [7, 11) is 2.05. The molecule has 0 atom stereocenters. The molecule has 0 saturated heterocycles. The Morgan fingerprint density at radius 1 is 1.35 bits per heavy atom. The van der Waals surface area contributed by atoms with E-state index in [-0.39, 0.29) is 0 Å². The average Bonchev–Trinajstić information content (AvgIpc) is 3.29. The summed E-state index contributed by atoms with van der Waals surface area (Å²) in [5.41, 5.74) is 2.21. The summed E-state index contributed by atoms with van der Waals surface area (Å²) < 4.78 is 0. The number of hydrogen-bond acceptors (Lipinski definition) is 2. The van der Waals surface area contributed by atoms with Crippen LogP contribution < -0.4 is 5.32 Å². The highest BCUT2D eigenvalue weighted by atomic mass is 15.3. The fraction of sp³-hybridized carbons (Fsp3) is 0.444. The van der Waals surface area contributed by atoms with Gasteiger partial charge in [0, 0.05) is 20.1 Å². The lowest BCUT2D eigenvalue weighted by Gasteiger charge is -2.21. The highest BCUT2D eigenvalue weighted by Crippen LogP contribution is 2.28. The Bertz CT molecular complexity index is 642. The fourth-order valence-electron chi connectivity index (χ4n) is 2.49. The predicted molar refractivity (Wildman–Crippen MR) is 94.2 cm³/mol. The molecule has 0 bridgehead atoms. The van der Waals surface area contributed by atoms with Crippen molar-refractivity contribution >= 4 is 5.96 Å². The number of hydrogen-bond donors (Lipinski definition) is 2. The van der Waals surface area contributed by atoms with Gasteiger partial charge in [0.2, 0.25) is 0 Å². The molecule has 122 valence electrons. The minimum atomic E-state index is 0.712. The first kappa shape index (κ1) is 15.6. The molecule has 0 unspecified atom stereocenters. The SMILES string of the molecule is CCNC(=NCC1CC1)N(C)Cc1ncc(-c2ccccc2)[nH]1. The molecule has 1 aromatic carbocycles. The van der Waals surface area contributed by atoms with Gasteiger partial charge in [0.25, 0.3) is 0 Å². The van der Waals surface area contributed by atoms with Crippen molar-refractivity contribution in [3.05, 3.63) is 42.4 Å². The van der Waals surface area contributed by atoms with E-state index < -0.39 is 0 Å². The highest BCUT2D eigenvalue weighted by Gasteiger charge is 2.21. The lowest BCUT2D eigenvalue weighted by molar-refractivity contribution is 0.463. The maximum atomic E-state index is 4.73. The van der Waals surface area contributed by atoms with Gasteiger partial charge in [-0.25, -0.2) is 4.98 Å². The molecule has 3 rings (SSSR count). The average molecular weight is 311 g/mol. The lowest BCUT2D eigenvalue weighted by Crippen LogP contribution is -2.38. The number of H-pyrrole nitrogens is 1. The van der Waals surface area contributed by atoms with E-state index in [0.717, 1.165) is 42.0 Å². The summed E-state index contributed by atoms with van der Waals surface area (Å²) in [4.78, 5) is 14.8. The van der Waals surface area contributed by atoms with Crippen molar-refractivity contribution < 1.29 is 0 Å². The number of aromatic amines is 1. The molecule has 0 amide bonds. The summed E-state index contributed by atoms with van der Waals surface area (Å²) in [6, 6.07) is 10.3. The molecule has 0 aliphatic heterocycles. The maximum absolute atomic E-state index is 4.73. The zero-order chi connectivity index (χ0) is 16.1. The van der Waals surface area contributed by atoms with Gasteiger partial charge in [-0.3, -0.25) is 4.99 Å². The van der Waals surface area contributed by atoms with Crippen molar-refractivity contribution in [2.45, 2.75) is 26.3 Å². The van der Waals surface area contributed by atoms with E-state index in [1.165, 1.54) is 12.8 Å². The third kappa shape index (κ3) is 4.34. The van der Waals surface area contributed by atoms with Crippen molar-refractivity contribution in [2.24, 2.45) is 10.9 Å². The largest absolute Gasteiger partial charge is 0.357 e. The summed E-state index contributed by atoms with van der Waals surface area (Å²) >= 11 is 0. The predicted octanol–water partition coefficient (Wildman–Crippen LogP) is 2.88. The third-order valence-corrected chi connectivity index (χ3v) is 3.99. The first-order valence-corrected chi connectivity index (χ1v) is 8.35. The molecule has 1 aliphatic rings. The molecule has 23 heavy (non-hydrogen) atoms. The number of aromatic nitrogens is 2. The fourth-order valence-corrected chi connectivity index (χ4v) is 2.49. The molecular formula is C18H25N5. The van der Waals surface area contributed by atoms with Gasteiger partial charge in [0.15, 0.2) is 5.96 Å². The van der Waals surface area contributed by atoms with E-state index >= 15 is 0 Å². The third-order valence-electron chi connectivity index (χ3n) is 3.99. The van der Waals surface area contributed by atoms with E-state index in [1.54, 1.807) is 0 Å². The maximum Gasteiger partial charge on any atom is 0.194 e. The Morgan fingerprint density at radius 2 is 2.13 bits per heavy atom. The van der Waals surface area contributed by atoms with Crippen LogP contribution in [0.3, 0.4) is 0 Å². The normalized spacial score (nSPS) is 14.8. The van der Waals surface area contributed by atoms with Gasteiger partial charge in [0.05, 0.1) is 18.4 Å². The van der Waals surface area contributed by atoms with Crippen molar-refractivity contribution in [3.8, 4) is 11.3 Å². The van der Waals surface area contributed by atoms with Crippen LogP contribution in [0.5, 0.6) is 0 Å². The van der Waals surface area contributed by atoms with Crippen molar-refractivity contribution in [2.75, 3.05) is 20.1 Å². The summed E-state index contributed by atoms with van der Waals surface area (Å²) in [5.74, 6) is 2.70. The minimum Gasteiger partial charge on any atom is -0.357 e. The van der Waals surface area contributed by atoms with E-state index in [1.807, 2.05) is 24.4 Å². The molecule has 1 heterocycles. The first-order chi connectivity index (χ1) is 11.3. The van der Waals surface area contributed by atoms with E-state index in [9.17, 15) is 0 Å². The molecule has 0 radical (unpaired) electrons. The van der Waals surface area contributed by atoms with Crippen LogP contribution in [0, 0.1) is 5.92 Å². The molecule has 2 N–H and O–H groups in total. The summed E-state index contributed by atoms with van der Waals surface area (Å²) in [6.45, 7) is 4.62. The van der Waals surface area contributed by atoms with Crippen molar-refractivity contribution in [1.29, 1.82) is 0 Å². The second kappa shape index (κ2) is 7.31. The molecule has 1 fully saturated rings. The number of imidazole rings is 1. The van der Waals surface area contributed by atoms with Crippen molar-refractivity contribution in [3.63, 3.8) is 0 Å². The molecular weight excluding hydrogens is 286 g/mol. The smallest absolute Gasteiger partial charge is 0.194 e. The first-order valence-electron chi connectivity index (χ1n) is 8.35. The molecule has 1 aromatic heterocycles.